The zero-order valence-corrected chi connectivity index (χ0v) is 10.0. The van der Waals surface area contributed by atoms with E-state index in [1.54, 1.807) is 24.3 Å². The van der Waals surface area contributed by atoms with Gasteiger partial charge in [-0.2, -0.15) is 0 Å². The number of rotatable bonds is 6. The molecule has 4 N–H and O–H groups in total. The Morgan fingerprint density at radius 2 is 1.94 bits per heavy atom. The first-order valence-electron chi connectivity index (χ1n) is 5.49. The van der Waals surface area contributed by atoms with Crippen molar-refractivity contribution >= 4 is 23.3 Å². The average molecular weight is 252 g/mol. The first-order valence-corrected chi connectivity index (χ1v) is 5.49. The molecule has 6 heteroatoms. The van der Waals surface area contributed by atoms with Crippen molar-refractivity contribution in [3.05, 3.63) is 24.3 Å². The van der Waals surface area contributed by atoms with Crippen LogP contribution in [0.5, 0.6) is 0 Å². The van der Waals surface area contributed by atoms with E-state index in [1.807, 2.05) is 0 Å². The number of carbonyl (C=O) groups is 2. The van der Waals surface area contributed by atoms with E-state index in [0.29, 0.717) is 11.4 Å². The summed E-state index contributed by atoms with van der Waals surface area (Å²) in [4.78, 5) is 23.1. The second kappa shape index (κ2) is 5.90. The lowest BCUT2D eigenvalue weighted by atomic mass is 10.2. The van der Waals surface area contributed by atoms with E-state index < -0.39 is 18.0 Å². The van der Waals surface area contributed by atoms with Crippen LogP contribution < -0.4 is 10.6 Å². The fourth-order valence-corrected chi connectivity index (χ4v) is 1.62. The molecular formula is C12H16N2O4. The van der Waals surface area contributed by atoms with Crippen LogP contribution in [0.2, 0.25) is 0 Å². The normalized spacial score (nSPS) is 11.8. The summed E-state index contributed by atoms with van der Waals surface area (Å²) >= 11 is 0. The molecule has 0 aliphatic heterocycles. The smallest absolute Gasteiger partial charge is 0.326 e. The van der Waals surface area contributed by atoms with E-state index in [9.17, 15) is 9.59 Å². The van der Waals surface area contributed by atoms with Gasteiger partial charge in [0.15, 0.2) is 0 Å². The van der Waals surface area contributed by atoms with E-state index in [2.05, 4.69) is 0 Å². The molecule has 1 aromatic carbocycles. The average Bonchev–Trinajstić information content (AvgIpc) is 2.30. The van der Waals surface area contributed by atoms with Gasteiger partial charge in [0.1, 0.15) is 6.04 Å². The van der Waals surface area contributed by atoms with E-state index in [1.165, 1.54) is 11.8 Å². The molecule has 0 saturated carbocycles. The minimum atomic E-state index is -1.02. The molecule has 0 spiro atoms. The monoisotopic (exact) mass is 252 g/mol. The number of anilines is 2. The predicted molar refractivity (Wildman–Crippen MR) is 67.6 cm³/mol. The van der Waals surface area contributed by atoms with Crippen LogP contribution in [-0.2, 0) is 9.59 Å². The van der Waals surface area contributed by atoms with Crippen LogP contribution in [-0.4, -0.2) is 34.7 Å². The third-order valence-corrected chi connectivity index (χ3v) is 2.64. The fourth-order valence-electron chi connectivity index (χ4n) is 1.62. The predicted octanol–water partition coefficient (Wildman–Crippen LogP) is 1.02. The van der Waals surface area contributed by atoms with Crippen molar-refractivity contribution in [2.24, 2.45) is 0 Å². The van der Waals surface area contributed by atoms with Gasteiger partial charge in [-0.1, -0.05) is 12.1 Å². The Morgan fingerprint density at radius 3 is 2.44 bits per heavy atom. The lowest BCUT2D eigenvalue weighted by molar-refractivity contribution is -0.139. The SMILES string of the molecule is CC(C(=O)O)N(CCC(=O)O)c1ccccc1N. The molecule has 18 heavy (non-hydrogen) atoms. The molecule has 0 fully saturated rings. The number of hydrogen-bond donors (Lipinski definition) is 3. The molecule has 0 heterocycles. The molecule has 1 aromatic rings. The van der Waals surface area contributed by atoms with Crippen LogP contribution in [0.25, 0.3) is 0 Å². The molecule has 0 saturated heterocycles. The number of carboxylic acids is 2. The molecule has 1 rings (SSSR count). The molecule has 0 aliphatic rings. The summed E-state index contributed by atoms with van der Waals surface area (Å²) in [5.41, 5.74) is 6.75. The van der Waals surface area contributed by atoms with Gasteiger partial charge in [0, 0.05) is 6.54 Å². The third kappa shape index (κ3) is 3.38. The minimum absolute atomic E-state index is 0.0943. The topological polar surface area (TPSA) is 104 Å². The van der Waals surface area contributed by atoms with Gasteiger partial charge in [-0.15, -0.1) is 0 Å². The standard InChI is InChI=1S/C12H16N2O4/c1-8(12(17)18)14(7-6-11(15)16)10-5-3-2-4-9(10)13/h2-5,8H,6-7,13H2,1H3,(H,15,16)(H,17,18). The quantitative estimate of drug-likeness (QED) is 0.653. The van der Waals surface area contributed by atoms with Gasteiger partial charge in [-0.3, -0.25) is 4.79 Å². The van der Waals surface area contributed by atoms with E-state index in [-0.39, 0.29) is 13.0 Å². The van der Waals surface area contributed by atoms with Crippen molar-refractivity contribution < 1.29 is 19.8 Å². The maximum atomic E-state index is 11.0. The summed E-state index contributed by atoms with van der Waals surface area (Å²) in [5, 5.41) is 17.7. The summed E-state index contributed by atoms with van der Waals surface area (Å²) in [6.45, 7) is 1.59. The lowest BCUT2D eigenvalue weighted by Crippen LogP contribution is -2.40. The number of nitrogens with two attached hydrogens (primary N) is 1. The van der Waals surface area contributed by atoms with Gasteiger partial charge in [0.2, 0.25) is 0 Å². The Hall–Kier alpha value is -2.24. The van der Waals surface area contributed by atoms with E-state index in [4.69, 9.17) is 15.9 Å². The second-order valence-electron chi connectivity index (χ2n) is 3.91. The Labute approximate surface area is 105 Å². The first-order chi connectivity index (χ1) is 8.43. The summed E-state index contributed by atoms with van der Waals surface area (Å²) in [5.74, 6) is -2.00. The Bertz CT molecular complexity index is 447. The zero-order chi connectivity index (χ0) is 13.7. The van der Waals surface area contributed by atoms with E-state index in [0.717, 1.165) is 0 Å². The lowest BCUT2D eigenvalue weighted by Gasteiger charge is -2.29. The molecular weight excluding hydrogens is 236 g/mol. The molecule has 6 nitrogen and oxygen atoms in total. The van der Waals surface area contributed by atoms with Crippen LogP contribution in [0.15, 0.2) is 24.3 Å². The minimum Gasteiger partial charge on any atom is -0.481 e. The third-order valence-electron chi connectivity index (χ3n) is 2.64. The van der Waals surface area contributed by atoms with Gasteiger partial charge in [-0.25, -0.2) is 4.79 Å². The number of para-hydroxylation sites is 2. The molecule has 0 amide bonds. The van der Waals surface area contributed by atoms with Crippen molar-refractivity contribution in [2.75, 3.05) is 17.2 Å². The number of nitrogen functional groups attached to an aromatic ring is 1. The molecule has 1 atom stereocenters. The molecule has 0 radical (unpaired) electrons. The van der Waals surface area contributed by atoms with Crippen molar-refractivity contribution in [1.82, 2.24) is 0 Å². The number of nitrogens with zero attached hydrogens (tertiary/aromatic N) is 1. The maximum Gasteiger partial charge on any atom is 0.326 e. The van der Waals surface area contributed by atoms with Crippen molar-refractivity contribution in [3.63, 3.8) is 0 Å². The van der Waals surface area contributed by atoms with Gasteiger partial charge in [-0.05, 0) is 19.1 Å². The van der Waals surface area contributed by atoms with Crippen LogP contribution in [0.3, 0.4) is 0 Å². The van der Waals surface area contributed by atoms with Crippen molar-refractivity contribution in [2.45, 2.75) is 19.4 Å². The largest absolute Gasteiger partial charge is 0.481 e. The Morgan fingerprint density at radius 1 is 1.33 bits per heavy atom. The summed E-state index contributed by atoms with van der Waals surface area (Å²) < 4.78 is 0. The van der Waals surface area contributed by atoms with Gasteiger partial charge < -0.3 is 20.8 Å². The summed E-state index contributed by atoms with van der Waals surface area (Å²) in [6.07, 6.45) is -0.147. The highest BCUT2D eigenvalue weighted by molar-refractivity contribution is 5.81. The van der Waals surface area contributed by atoms with Gasteiger partial charge in [0.05, 0.1) is 17.8 Å². The highest BCUT2D eigenvalue weighted by Crippen LogP contribution is 2.24. The van der Waals surface area contributed by atoms with Crippen LogP contribution >= 0.6 is 0 Å². The Kier molecular flexibility index (Phi) is 4.53. The second-order valence-corrected chi connectivity index (χ2v) is 3.91. The highest BCUT2D eigenvalue weighted by atomic mass is 16.4. The Balaban J connectivity index is 3.00. The first kappa shape index (κ1) is 13.8. The number of carboxylic acid groups (broad SMARTS) is 2. The fraction of sp³-hybridized carbons (Fsp3) is 0.333. The molecule has 0 aromatic heterocycles. The van der Waals surface area contributed by atoms with Gasteiger partial charge >= 0.3 is 11.9 Å². The molecule has 0 bridgehead atoms. The van der Waals surface area contributed by atoms with Crippen molar-refractivity contribution in [3.8, 4) is 0 Å². The van der Waals surface area contributed by atoms with Gasteiger partial charge in [0.25, 0.3) is 0 Å². The number of hydrogen-bond acceptors (Lipinski definition) is 4. The summed E-state index contributed by atoms with van der Waals surface area (Å²) in [7, 11) is 0. The van der Waals surface area contributed by atoms with Crippen LogP contribution in [0, 0.1) is 0 Å². The summed E-state index contributed by atoms with van der Waals surface area (Å²) in [6, 6.07) is 5.95. The highest BCUT2D eigenvalue weighted by Gasteiger charge is 2.22. The maximum absolute atomic E-state index is 11.0. The van der Waals surface area contributed by atoms with E-state index >= 15 is 0 Å². The number of benzene rings is 1. The number of aliphatic carboxylic acids is 2. The molecule has 0 aliphatic carbocycles. The molecule has 1 unspecified atom stereocenters. The van der Waals surface area contributed by atoms with Crippen molar-refractivity contribution in [1.29, 1.82) is 0 Å². The van der Waals surface area contributed by atoms with Crippen LogP contribution in [0.4, 0.5) is 11.4 Å². The zero-order valence-electron chi connectivity index (χ0n) is 10.0. The molecule has 98 valence electrons. The van der Waals surface area contributed by atoms with Crippen LogP contribution in [0.1, 0.15) is 13.3 Å².